The van der Waals surface area contributed by atoms with Gasteiger partial charge in [0.15, 0.2) is 0 Å². The zero-order valence-corrected chi connectivity index (χ0v) is 9.60. The van der Waals surface area contributed by atoms with Crippen LogP contribution in [-0.2, 0) is 11.2 Å². The smallest absolute Gasteiger partial charge is 0.228 e. The van der Waals surface area contributed by atoms with Crippen LogP contribution in [0.25, 0.3) is 0 Å². The number of nitrogens with two attached hydrogens (primary N) is 1. The van der Waals surface area contributed by atoms with Crippen LogP contribution >= 0.6 is 0 Å². The number of carbonyl (C=O) groups is 1. The first-order chi connectivity index (χ1) is 8.65. The van der Waals surface area contributed by atoms with Crippen LogP contribution in [0.3, 0.4) is 0 Å². The number of nitrogen functional groups attached to an aromatic ring is 1. The van der Waals surface area contributed by atoms with E-state index in [-0.39, 0.29) is 19.0 Å². The highest BCUT2D eigenvalue weighted by molar-refractivity contribution is 6.00. The number of amides is 1. The van der Waals surface area contributed by atoms with Gasteiger partial charge in [-0.05, 0) is 17.7 Å². The molecule has 1 heterocycles. The minimum atomic E-state index is -0.0753. The average Bonchev–Trinajstić information content (AvgIpc) is 2.67. The molecule has 0 fully saturated rings. The molecule has 1 aliphatic heterocycles. The van der Waals surface area contributed by atoms with Crippen molar-refractivity contribution in [2.45, 2.75) is 6.42 Å². The predicted molar refractivity (Wildman–Crippen MR) is 66.6 cm³/mol. The largest absolute Gasteiger partial charge is 0.397 e. The van der Waals surface area contributed by atoms with Gasteiger partial charge in [-0.1, -0.05) is 0 Å². The van der Waals surface area contributed by atoms with E-state index in [0.29, 0.717) is 23.5 Å². The van der Waals surface area contributed by atoms with Crippen LogP contribution in [-0.4, -0.2) is 19.0 Å². The van der Waals surface area contributed by atoms with Gasteiger partial charge in [0.2, 0.25) is 5.91 Å². The van der Waals surface area contributed by atoms with Crippen molar-refractivity contribution in [3.63, 3.8) is 0 Å². The summed E-state index contributed by atoms with van der Waals surface area (Å²) in [5, 5.41) is 20.2. The minimum Gasteiger partial charge on any atom is -0.397 e. The standard InChI is InChI=1S/C12H11N5O/c13-1-3-17(4-2-14)11-7-10-8(5-9(11)15)6-12(18)16-10/h5,7H,3-4,6,15H2,(H,16,18). The number of hydrogen-bond acceptors (Lipinski definition) is 5. The SMILES string of the molecule is N#CCN(CC#N)c1cc2c(cc1N)CC(=O)N2. The number of hydrogen-bond donors (Lipinski definition) is 2. The molecule has 1 aromatic rings. The molecule has 0 aromatic heterocycles. The van der Waals surface area contributed by atoms with E-state index >= 15 is 0 Å². The number of nitriles is 2. The van der Waals surface area contributed by atoms with E-state index in [2.05, 4.69) is 5.32 Å². The van der Waals surface area contributed by atoms with Crippen LogP contribution in [0.2, 0.25) is 0 Å². The highest BCUT2D eigenvalue weighted by atomic mass is 16.1. The van der Waals surface area contributed by atoms with E-state index in [0.717, 1.165) is 5.56 Å². The molecule has 90 valence electrons. The van der Waals surface area contributed by atoms with Gasteiger partial charge in [0.25, 0.3) is 0 Å². The van der Waals surface area contributed by atoms with Crippen molar-refractivity contribution in [1.82, 2.24) is 0 Å². The van der Waals surface area contributed by atoms with E-state index < -0.39 is 0 Å². The highest BCUT2D eigenvalue weighted by Crippen LogP contribution is 2.33. The third-order valence-electron chi connectivity index (χ3n) is 2.74. The Hall–Kier alpha value is -2.73. The summed E-state index contributed by atoms with van der Waals surface area (Å²) in [6.07, 6.45) is 0.316. The molecular weight excluding hydrogens is 230 g/mol. The maximum atomic E-state index is 11.3. The fourth-order valence-corrected chi connectivity index (χ4v) is 1.95. The van der Waals surface area contributed by atoms with E-state index in [9.17, 15) is 4.79 Å². The van der Waals surface area contributed by atoms with Gasteiger partial charge in [-0.15, -0.1) is 0 Å². The molecule has 1 amide bonds. The summed E-state index contributed by atoms with van der Waals surface area (Å²) in [5.74, 6) is -0.0753. The van der Waals surface area contributed by atoms with Gasteiger partial charge in [-0.3, -0.25) is 4.79 Å². The van der Waals surface area contributed by atoms with Crippen LogP contribution < -0.4 is 16.0 Å². The van der Waals surface area contributed by atoms with E-state index in [1.54, 1.807) is 17.0 Å². The minimum absolute atomic E-state index is 0.0739. The van der Waals surface area contributed by atoms with Crippen molar-refractivity contribution in [1.29, 1.82) is 10.5 Å². The van der Waals surface area contributed by atoms with Crippen LogP contribution in [0.15, 0.2) is 12.1 Å². The van der Waals surface area contributed by atoms with Gasteiger partial charge in [0.05, 0.1) is 29.9 Å². The summed E-state index contributed by atoms with van der Waals surface area (Å²) in [5.41, 5.74) is 8.51. The number of rotatable bonds is 3. The lowest BCUT2D eigenvalue weighted by Gasteiger charge is -2.21. The normalized spacial score (nSPS) is 12.2. The van der Waals surface area contributed by atoms with Crippen LogP contribution in [0.4, 0.5) is 17.1 Å². The van der Waals surface area contributed by atoms with Crippen molar-refractivity contribution in [3.05, 3.63) is 17.7 Å². The van der Waals surface area contributed by atoms with Gasteiger partial charge in [-0.25, -0.2) is 0 Å². The Kier molecular flexibility index (Phi) is 3.03. The van der Waals surface area contributed by atoms with Gasteiger partial charge in [-0.2, -0.15) is 10.5 Å². The van der Waals surface area contributed by atoms with E-state index in [4.69, 9.17) is 16.3 Å². The molecule has 3 N–H and O–H groups in total. The van der Waals surface area contributed by atoms with Gasteiger partial charge in [0, 0.05) is 5.69 Å². The first kappa shape index (κ1) is 11.7. The van der Waals surface area contributed by atoms with Gasteiger partial charge < -0.3 is 16.0 Å². The maximum absolute atomic E-state index is 11.3. The Bertz CT molecular complexity index is 565. The van der Waals surface area contributed by atoms with Gasteiger partial charge in [0.1, 0.15) is 13.1 Å². The molecule has 0 bridgehead atoms. The summed E-state index contributed by atoms with van der Waals surface area (Å²) in [4.78, 5) is 12.8. The number of nitrogens with one attached hydrogen (secondary N) is 1. The molecule has 0 spiro atoms. The Morgan fingerprint density at radius 2 is 2.00 bits per heavy atom. The second kappa shape index (κ2) is 4.64. The molecule has 0 saturated heterocycles. The Balaban J connectivity index is 2.40. The monoisotopic (exact) mass is 241 g/mol. The first-order valence-corrected chi connectivity index (χ1v) is 5.36. The van der Waals surface area contributed by atoms with E-state index in [1.807, 2.05) is 12.1 Å². The third-order valence-corrected chi connectivity index (χ3v) is 2.74. The summed E-state index contributed by atoms with van der Waals surface area (Å²) >= 11 is 0. The zero-order chi connectivity index (χ0) is 13.1. The molecule has 0 atom stereocenters. The first-order valence-electron chi connectivity index (χ1n) is 5.36. The van der Waals surface area contributed by atoms with Crippen LogP contribution in [0, 0.1) is 22.7 Å². The topological polar surface area (TPSA) is 106 Å². The zero-order valence-electron chi connectivity index (χ0n) is 9.60. The van der Waals surface area contributed by atoms with Crippen molar-refractivity contribution >= 4 is 23.0 Å². The lowest BCUT2D eigenvalue weighted by Crippen LogP contribution is -2.24. The van der Waals surface area contributed by atoms with Crippen molar-refractivity contribution in [3.8, 4) is 12.1 Å². The highest BCUT2D eigenvalue weighted by Gasteiger charge is 2.21. The summed E-state index contributed by atoms with van der Waals surface area (Å²) < 4.78 is 0. The number of benzene rings is 1. The molecule has 1 aromatic carbocycles. The summed E-state index contributed by atoms with van der Waals surface area (Å²) in [7, 11) is 0. The van der Waals surface area contributed by atoms with Crippen LogP contribution in [0.5, 0.6) is 0 Å². The van der Waals surface area contributed by atoms with Crippen LogP contribution in [0.1, 0.15) is 5.56 Å². The summed E-state index contributed by atoms with van der Waals surface area (Å²) in [6.45, 7) is 0.148. The molecule has 6 heteroatoms. The lowest BCUT2D eigenvalue weighted by molar-refractivity contribution is -0.115. The van der Waals surface area contributed by atoms with E-state index in [1.165, 1.54) is 0 Å². The molecule has 0 aliphatic carbocycles. The second-order valence-corrected chi connectivity index (χ2v) is 3.97. The molecule has 0 unspecified atom stereocenters. The number of fused-ring (bicyclic) bond motifs is 1. The van der Waals surface area contributed by atoms with Gasteiger partial charge >= 0.3 is 0 Å². The van der Waals surface area contributed by atoms with Crippen molar-refractivity contribution in [2.75, 3.05) is 29.0 Å². The van der Waals surface area contributed by atoms with Crippen molar-refractivity contribution < 1.29 is 4.79 Å². The molecule has 0 saturated carbocycles. The third kappa shape index (κ3) is 2.04. The molecular formula is C12H11N5O. The number of anilines is 3. The van der Waals surface area contributed by atoms with Crippen molar-refractivity contribution in [2.24, 2.45) is 0 Å². The summed E-state index contributed by atoms with van der Waals surface area (Å²) in [6, 6.07) is 7.40. The molecule has 0 radical (unpaired) electrons. The number of nitrogens with zero attached hydrogens (tertiary/aromatic N) is 3. The lowest BCUT2D eigenvalue weighted by atomic mass is 10.1. The average molecular weight is 241 g/mol. The second-order valence-electron chi connectivity index (χ2n) is 3.97. The number of carbonyl (C=O) groups excluding carboxylic acids is 1. The quantitative estimate of drug-likeness (QED) is 0.596. The predicted octanol–water partition coefficient (Wildman–Crippen LogP) is 0.617. The Labute approximate surface area is 104 Å². The Morgan fingerprint density at radius 1 is 1.33 bits per heavy atom. The Morgan fingerprint density at radius 3 is 2.61 bits per heavy atom. The molecule has 2 rings (SSSR count). The fraction of sp³-hybridized carbons (Fsp3) is 0.250. The molecule has 18 heavy (non-hydrogen) atoms. The molecule has 1 aliphatic rings. The molecule has 6 nitrogen and oxygen atoms in total. The fourth-order valence-electron chi connectivity index (χ4n) is 1.95. The maximum Gasteiger partial charge on any atom is 0.228 e.